The van der Waals surface area contributed by atoms with Crippen molar-refractivity contribution in [1.29, 1.82) is 5.26 Å². The van der Waals surface area contributed by atoms with E-state index in [9.17, 15) is 8.42 Å². The van der Waals surface area contributed by atoms with E-state index in [0.29, 0.717) is 6.42 Å². The van der Waals surface area contributed by atoms with Crippen LogP contribution in [0.15, 0.2) is 0 Å². The molecular weight excluding hydrogens is 166 g/mol. The summed E-state index contributed by atoms with van der Waals surface area (Å²) in [5.41, 5.74) is 0. The molecule has 0 radical (unpaired) electrons. The number of ether oxygens (including phenoxy) is 1. The van der Waals surface area contributed by atoms with Crippen molar-refractivity contribution in [2.45, 2.75) is 12.8 Å². The minimum Gasteiger partial charge on any atom is -0.369 e. The lowest BCUT2D eigenvalue weighted by Gasteiger charge is -1.99. The minimum atomic E-state index is -3.08. The third kappa shape index (κ3) is 5.83. The van der Waals surface area contributed by atoms with Crippen molar-refractivity contribution in [2.75, 3.05) is 18.8 Å². The number of nitrogens with zero attached hydrogens (tertiary/aromatic N) is 1. The zero-order valence-corrected chi connectivity index (χ0v) is 7.23. The second-order valence-electron chi connectivity index (χ2n) is 2.12. The Morgan fingerprint density at radius 2 is 2.18 bits per heavy atom. The summed E-state index contributed by atoms with van der Waals surface area (Å²) >= 11 is 0. The van der Waals surface area contributed by atoms with Crippen molar-refractivity contribution in [3.63, 3.8) is 0 Å². The minimum absolute atomic E-state index is 0.0361. The van der Waals surface area contributed by atoms with Gasteiger partial charge in [-0.25, -0.2) is 8.42 Å². The normalized spacial score (nSPS) is 10.9. The van der Waals surface area contributed by atoms with Crippen LogP contribution in [0, 0.1) is 11.3 Å². The van der Waals surface area contributed by atoms with E-state index in [1.54, 1.807) is 0 Å². The first-order chi connectivity index (χ1) is 5.12. The fraction of sp³-hybridized carbons (Fsp3) is 0.833. The molecule has 0 aromatic carbocycles. The Morgan fingerprint density at radius 1 is 1.55 bits per heavy atom. The van der Waals surface area contributed by atoms with Gasteiger partial charge in [-0.1, -0.05) is 0 Å². The van der Waals surface area contributed by atoms with Crippen molar-refractivity contribution in [2.24, 2.45) is 0 Å². The molecule has 0 rings (SSSR count). The second-order valence-corrected chi connectivity index (χ2v) is 4.25. The molecule has 4 nitrogen and oxygen atoms in total. The molecule has 0 aliphatic rings. The summed E-state index contributed by atoms with van der Waals surface area (Å²) in [5.74, 6) is -0.215. The van der Waals surface area contributed by atoms with Crippen molar-refractivity contribution in [3.05, 3.63) is 0 Å². The molecule has 0 unspecified atom stereocenters. The quantitative estimate of drug-likeness (QED) is 0.567. The van der Waals surface area contributed by atoms with Crippen molar-refractivity contribution in [1.82, 2.24) is 0 Å². The first-order valence-electron chi connectivity index (χ1n) is 3.18. The number of sulfone groups is 1. The molecule has 0 heterocycles. The SMILES string of the molecule is COCS(=O)(=O)CCCC#N. The lowest BCUT2D eigenvalue weighted by atomic mass is 10.4. The van der Waals surface area contributed by atoms with Gasteiger partial charge in [-0.3, -0.25) is 0 Å². The van der Waals surface area contributed by atoms with Gasteiger partial charge in [0.05, 0.1) is 11.8 Å². The molecule has 0 bridgehead atoms. The number of unbranched alkanes of at least 4 members (excludes halogenated alkanes) is 1. The van der Waals surface area contributed by atoms with E-state index in [4.69, 9.17) is 5.26 Å². The average molecular weight is 177 g/mol. The Balaban J connectivity index is 3.67. The monoisotopic (exact) mass is 177 g/mol. The molecule has 0 saturated carbocycles. The average Bonchev–Trinajstić information content (AvgIpc) is 1.87. The smallest absolute Gasteiger partial charge is 0.174 e. The van der Waals surface area contributed by atoms with Gasteiger partial charge in [0.15, 0.2) is 9.84 Å². The fourth-order valence-electron chi connectivity index (χ4n) is 0.610. The van der Waals surface area contributed by atoms with E-state index < -0.39 is 9.84 Å². The zero-order valence-electron chi connectivity index (χ0n) is 6.41. The number of nitriles is 1. The van der Waals surface area contributed by atoms with E-state index in [1.165, 1.54) is 7.11 Å². The second kappa shape index (κ2) is 5.10. The predicted molar refractivity (Wildman–Crippen MR) is 40.5 cm³/mol. The van der Waals surface area contributed by atoms with Gasteiger partial charge in [0.25, 0.3) is 0 Å². The summed E-state index contributed by atoms with van der Waals surface area (Å²) in [5, 5.41) is 8.12. The maximum absolute atomic E-state index is 10.9. The van der Waals surface area contributed by atoms with E-state index >= 15 is 0 Å². The highest BCUT2D eigenvalue weighted by atomic mass is 32.2. The third-order valence-electron chi connectivity index (χ3n) is 1.04. The van der Waals surface area contributed by atoms with Gasteiger partial charge >= 0.3 is 0 Å². The maximum atomic E-state index is 10.9. The van der Waals surface area contributed by atoms with Crippen LogP contribution in [0.2, 0.25) is 0 Å². The first kappa shape index (κ1) is 10.4. The molecule has 0 N–H and O–H groups in total. The number of hydrogen-bond donors (Lipinski definition) is 0. The molecule has 11 heavy (non-hydrogen) atoms. The van der Waals surface area contributed by atoms with Gasteiger partial charge in [-0.2, -0.15) is 5.26 Å². The highest BCUT2D eigenvalue weighted by Crippen LogP contribution is 1.96. The summed E-state index contributed by atoms with van der Waals surface area (Å²) < 4.78 is 26.2. The standard InChI is InChI=1S/C6H11NO3S/c1-10-6-11(8,9)5-3-2-4-7/h2-3,5-6H2,1H3. The molecule has 0 spiro atoms. The zero-order chi connectivity index (χ0) is 8.74. The van der Waals surface area contributed by atoms with Crippen molar-refractivity contribution in [3.8, 4) is 6.07 Å². The number of methoxy groups -OCH3 is 1. The van der Waals surface area contributed by atoms with Gasteiger partial charge < -0.3 is 4.74 Å². The van der Waals surface area contributed by atoms with Gasteiger partial charge in [0.1, 0.15) is 5.94 Å². The Kier molecular flexibility index (Phi) is 4.83. The van der Waals surface area contributed by atoms with Crippen molar-refractivity contribution < 1.29 is 13.2 Å². The van der Waals surface area contributed by atoms with Crippen LogP contribution in [0.3, 0.4) is 0 Å². The molecule has 0 aromatic rings. The molecule has 0 aromatic heterocycles. The van der Waals surface area contributed by atoms with Gasteiger partial charge in [-0.05, 0) is 6.42 Å². The molecule has 0 aliphatic carbocycles. The topological polar surface area (TPSA) is 67.2 Å². The van der Waals surface area contributed by atoms with E-state index in [-0.39, 0.29) is 18.1 Å². The summed E-state index contributed by atoms with van der Waals surface area (Å²) in [4.78, 5) is 0. The van der Waals surface area contributed by atoms with Crippen LogP contribution >= 0.6 is 0 Å². The van der Waals surface area contributed by atoms with Crippen LogP contribution < -0.4 is 0 Å². The lowest BCUT2D eigenvalue weighted by molar-refractivity contribution is 0.249. The summed E-state index contributed by atoms with van der Waals surface area (Å²) in [6.45, 7) is 0. The summed E-state index contributed by atoms with van der Waals surface area (Å²) in [6, 6.07) is 1.88. The van der Waals surface area contributed by atoms with Crippen molar-refractivity contribution >= 4 is 9.84 Å². The molecule has 0 atom stereocenters. The van der Waals surface area contributed by atoms with E-state index in [2.05, 4.69) is 4.74 Å². The van der Waals surface area contributed by atoms with E-state index in [0.717, 1.165) is 0 Å². The van der Waals surface area contributed by atoms with Crippen LogP contribution in [-0.4, -0.2) is 27.2 Å². The fourth-order valence-corrected chi connectivity index (χ4v) is 1.67. The largest absolute Gasteiger partial charge is 0.369 e. The Hall–Kier alpha value is -0.600. The molecule has 5 heteroatoms. The Labute approximate surface area is 66.7 Å². The third-order valence-corrected chi connectivity index (χ3v) is 2.55. The van der Waals surface area contributed by atoms with Crippen LogP contribution in [-0.2, 0) is 14.6 Å². The van der Waals surface area contributed by atoms with E-state index in [1.807, 2.05) is 6.07 Å². The highest BCUT2D eigenvalue weighted by molar-refractivity contribution is 7.91. The molecule has 0 amide bonds. The first-order valence-corrected chi connectivity index (χ1v) is 5.01. The van der Waals surface area contributed by atoms with Gasteiger partial charge in [0.2, 0.25) is 0 Å². The molecular formula is C6H11NO3S. The number of rotatable bonds is 5. The Morgan fingerprint density at radius 3 is 2.64 bits per heavy atom. The summed E-state index contributed by atoms with van der Waals surface area (Å²) in [7, 11) is -1.74. The van der Waals surface area contributed by atoms with Gasteiger partial charge in [0, 0.05) is 13.5 Å². The molecule has 0 aliphatic heterocycles. The Bertz CT molecular complexity index is 227. The van der Waals surface area contributed by atoms with Crippen LogP contribution in [0.4, 0.5) is 0 Å². The molecule has 0 saturated heterocycles. The molecule has 0 fully saturated rings. The van der Waals surface area contributed by atoms with Crippen LogP contribution in [0.5, 0.6) is 0 Å². The number of hydrogen-bond acceptors (Lipinski definition) is 4. The lowest BCUT2D eigenvalue weighted by Crippen LogP contribution is -2.11. The maximum Gasteiger partial charge on any atom is 0.174 e. The molecule has 64 valence electrons. The van der Waals surface area contributed by atoms with Crippen LogP contribution in [0.1, 0.15) is 12.8 Å². The summed E-state index contributed by atoms with van der Waals surface area (Å²) in [6.07, 6.45) is 0.672. The predicted octanol–water partition coefficient (Wildman–Crippen LogP) is 0.309. The highest BCUT2D eigenvalue weighted by Gasteiger charge is 2.08. The van der Waals surface area contributed by atoms with Gasteiger partial charge in [-0.15, -0.1) is 0 Å². The van der Waals surface area contributed by atoms with Crippen LogP contribution in [0.25, 0.3) is 0 Å².